The Labute approximate surface area is 84.4 Å². The predicted octanol–water partition coefficient (Wildman–Crippen LogP) is 3.41. The van der Waals surface area contributed by atoms with Gasteiger partial charge in [0.15, 0.2) is 0 Å². The first kappa shape index (κ1) is 8.56. The summed E-state index contributed by atoms with van der Waals surface area (Å²) in [5, 5.41) is 0. The molecule has 1 rings (SSSR count). The maximum atomic E-state index is 2.59. The molecule has 1 aliphatic rings. The maximum Gasteiger partial charge on any atom is 0.0230 e. The zero-order valence-corrected chi connectivity index (χ0v) is 9.92. The van der Waals surface area contributed by atoms with Gasteiger partial charge in [0.25, 0.3) is 0 Å². The molecule has 0 heterocycles. The Kier molecular flexibility index (Phi) is 3.55. The standard InChI is InChI=1S/C7H12I2/c1-5-2-3-6(8)7(9)4-5/h5-7H,2-4H2,1H3. The van der Waals surface area contributed by atoms with E-state index in [4.69, 9.17) is 0 Å². The highest BCUT2D eigenvalue weighted by Crippen LogP contribution is 2.33. The lowest BCUT2D eigenvalue weighted by Crippen LogP contribution is -2.23. The molecule has 1 aliphatic carbocycles. The summed E-state index contributed by atoms with van der Waals surface area (Å²) in [7, 11) is 0. The lowest BCUT2D eigenvalue weighted by Gasteiger charge is -2.27. The topological polar surface area (TPSA) is 0 Å². The normalized spacial score (nSPS) is 45.0. The van der Waals surface area contributed by atoms with Crippen molar-refractivity contribution in [3.8, 4) is 0 Å². The van der Waals surface area contributed by atoms with Crippen molar-refractivity contribution in [1.82, 2.24) is 0 Å². The number of rotatable bonds is 0. The largest absolute Gasteiger partial charge is 0.0815 e. The monoisotopic (exact) mass is 350 g/mol. The zero-order valence-electron chi connectivity index (χ0n) is 5.61. The van der Waals surface area contributed by atoms with E-state index in [9.17, 15) is 0 Å². The fourth-order valence-corrected chi connectivity index (χ4v) is 3.16. The second-order valence-corrected chi connectivity index (χ2v) is 6.15. The van der Waals surface area contributed by atoms with Crippen molar-refractivity contribution in [2.75, 3.05) is 0 Å². The van der Waals surface area contributed by atoms with Crippen LogP contribution >= 0.6 is 45.2 Å². The van der Waals surface area contributed by atoms with Gasteiger partial charge in [-0.05, 0) is 25.2 Å². The molecule has 1 saturated carbocycles. The van der Waals surface area contributed by atoms with Crippen molar-refractivity contribution in [2.45, 2.75) is 34.0 Å². The average molecular weight is 350 g/mol. The molecule has 0 bridgehead atoms. The first-order chi connectivity index (χ1) is 4.20. The van der Waals surface area contributed by atoms with Crippen molar-refractivity contribution in [3.05, 3.63) is 0 Å². The van der Waals surface area contributed by atoms with Gasteiger partial charge in [0.1, 0.15) is 0 Å². The van der Waals surface area contributed by atoms with Crippen LogP contribution in [-0.4, -0.2) is 7.85 Å². The van der Waals surface area contributed by atoms with Gasteiger partial charge in [-0.2, -0.15) is 0 Å². The van der Waals surface area contributed by atoms with Crippen LogP contribution in [0.1, 0.15) is 26.2 Å². The molecule has 3 unspecified atom stereocenters. The summed E-state index contributed by atoms with van der Waals surface area (Å²) < 4.78 is 1.88. The van der Waals surface area contributed by atoms with Crippen LogP contribution in [0.4, 0.5) is 0 Å². The second-order valence-electron chi connectivity index (χ2n) is 2.95. The van der Waals surface area contributed by atoms with Crippen molar-refractivity contribution >= 4 is 45.2 Å². The molecule has 54 valence electrons. The molecule has 1 fully saturated rings. The third kappa shape index (κ3) is 2.52. The zero-order chi connectivity index (χ0) is 6.85. The maximum absolute atomic E-state index is 2.59. The molecule has 0 aliphatic heterocycles. The van der Waals surface area contributed by atoms with Gasteiger partial charge in [-0.3, -0.25) is 0 Å². The van der Waals surface area contributed by atoms with Crippen molar-refractivity contribution < 1.29 is 0 Å². The molecule has 0 aromatic rings. The second kappa shape index (κ2) is 3.74. The highest BCUT2D eigenvalue weighted by Gasteiger charge is 2.23. The van der Waals surface area contributed by atoms with Crippen molar-refractivity contribution in [1.29, 1.82) is 0 Å². The first-order valence-corrected chi connectivity index (χ1v) is 5.97. The van der Waals surface area contributed by atoms with E-state index in [0.29, 0.717) is 0 Å². The molecule has 9 heavy (non-hydrogen) atoms. The van der Waals surface area contributed by atoms with Crippen LogP contribution in [0.15, 0.2) is 0 Å². The number of halogens is 2. The van der Waals surface area contributed by atoms with Gasteiger partial charge in [0.05, 0.1) is 0 Å². The molecular weight excluding hydrogens is 338 g/mol. The summed E-state index contributed by atoms with van der Waals surface area (Å²) in [6.45, 7) is 2.37. The van der Waals surface area contributed by atoms with E-state index in [1.807, 2.05) is 0 Å². The SMILES string of the molecule is CC1CCC(I)C(I)C1. The molecular formula is C7H12I2. The predicted molar refractivity (Wildman–Crippen MR) is 58.6 cm³/mol. The van der Waals surface area contributed by atoms with Crippen molar-refractivity contribution in [3.63, 3.8) is 0 Å². The Morgan fingerprint density at radius 1 is 1.11 bits per heavy atom. The number of hydrogen-bond acceptors (Lipinski definition) is 0. The van der Waals surface area contributed by atoms with E-state index in [0.717, 1.165) is 13.8 Å². The minimum atomic E-state index is 0.937. The van der Waals surface area contributed by atoms with E-state index in [2.05, 4.69) is 52.1 Å². The lowest BCUT2D eigenvalue weighted by atomic mass is 9.91. The first-order valence-electron chi connectivity index (χ1n) is 3.48. The Morgan fingerprint density at radius 3 is 2.22 bits per heavy atom. The van der Waals surface area contributed by atoms with Gasteiger partial charge < -0.3 is 0 Å². The average Bonchev–Trinajstić information content (AvgIpc) is 1.80. The quantitative estimate of drug-likeness (QED) is 0.464. The summed E-state index contributed by atoms with van der Waals surface area (Å²) in [6.07, 6.45) is 4.33. The molecule has 0 nitrogen and oxygen atoms in total. The number of alkyl halides is 2. The molecule has 0 amide bonds. The van der Waals surface area contributed by atoms with Gasteiger partial charge in [-0.1, -0.05) is 52.1 Å². The van der Waals surface area contributed by atoms with Gasteiger partial charge >= 0.3 is 0 Å². The Hall–Kier alpha value is 1.46. The smallest absolute Gasteiger partial charge is 0.0230 e. The minimum absolute atomic E-state index is 0.937. The molecule has 0 spiro atoms. The molecule has 2 heteroatoms. The molecule has 0 saturated heterocycles. The minimum Gasteiger partial charge on any atom is -0.0815 e. The summed E-state index contributed by atoms with van der Waals surface area (Å²) >= 11 is 5.18. The molecule has 3 atom stereocenters. The highest BCUT2D eigenvalue weighted by atomic mass is 127. The van der Waals surface area contributed by atoms with Crippen LogP contribution in [0, 0.1) is 5.92 Å². The molecule has 0 aromatic carbocycles. The van der Waals surface area contributed by atoms with Crippen LogP contribution in [-0.2, 0) is 0 Å². The third-order valence-corrected chi connectivity index (χ3v) is 6.20. The number of hydrogen-bond donors (Lipinski definition) is 0. The highest BCUT2D eigenvalue weighted by molar-refractivity contribution is 14.1. The van der Waals surface area contributed by atoms with E-state index in [1.165, 1.54) is 19.3 Å². The summed E-state index contributed by atoms with van der Waals surface area (Å²) in [5.74, 6) is 0.984. The Bertz CT molecular complexity index is 92.9. The van der Waals surface area contributed by atoms with Crippen LogP contribution < -0.4 is 0 Å². The summed E-state index contributed by atoms with van der Waals surface area (Å²) in [5.41, 5.74) is 0. The summed E-state index contributed by atoms with van der Waals surface area (Å²) in [6, 6.07) is 0. The molecule has 0 radical (unpaired) electrons. The van der Waals surface area contributed by atoms with E-state index >= 15 is 0 Å². The fourth-order valence-electron chi connectivity index (χ4n) is 1.27. The third-order valence-electron chi connectivity index (χ3n) is 1.96. The van der Waals surface area contributed by atoms with Gasteiger partial charge in [0.2, 0.25) is 0 Å². The van der Waals surface area contributed by atoms with E-state index in [1.54, 1.807) is 0 Å². The van der Waals surface area contributed by atoms with E-state index < -0.39 is 0 Å². The van der Waals surface area contributed by atoms with Crippen LogP contribution in [0.2, 0.25) is 0 Å². The molecule has 0 aromatic heterocycles. The lowest BCUT2D eigenvalue weighted by molar-refractivity contribution is 0.417. The Balaban J connectivity index is 2.35. The van der Waals surface area contributed by atoms with Gasteiger partial charge in [0, 0.05) is 7.85 Å². The summed E-state index contributed by atoms with van der Waals surface area (Å²) in [4.78, 5) is 0. The van der Waals surface area contributed by atoms with Crippen molar-refractivity contribution in [2.24, 2.45) is 5.92 Å². The fraction of sp³-hybridized carbons (Fsp3) is 1.00. The van der Waals surface area contributed by atoms with Crippen LogP contribution in [0.3, 0.4) is 0 Å². The van der Waals surface area contributed by atoms with Gasteiger partial charge in [-0.25, -0.2) is 0 Å². The van der Waals surface area contributed by atoms with Crippen LogP contribution in [0.25, 0.3) is 0 Å². The van der Waals surface area contributed by atoms with E-state index in [-0.39, 0.29) is 0 Å². The van der Waals surface area contributed by atoms with Gasteiger partial charge in [-0.15, -0.1) is 0 Å². The molecule has 0 N–H and O–H groups in total. The van der Waals surface area contributed by atoms with Crippen LogP contribution in [0.5, 0.6) is 0 Å². The Morgan fingerprint density at radius 2 is 1.78 bits per heavy atom.